The summed E-state index contributed by atoms with van der Waals surface area (Å²) in [5.41, 5.74) is 0. The largest absolute Gasteiger partial charge is 0.0654 e. The molecule has 0 bridgehead atoms. The first kappa shape index (κ1) is 26.0. The standard InChI is InChI=1S/C28H56/c1-3-5-7-9-13-17-21-27(22-18-14-10-8-6-4-2)23-19-15-11-12-16-20-24-28-25-26-28/h27-28H,3-26H2,1-2H3. The van der Waals surface area contributed by atoms with E-state index in [9.17, 15) is 0 Å². The number of rotatable bonds is 23. The predicted molar refractivity (Wildman–Crippen MR) is 129 cm³/mol. The third-order valence-electron chi connectivity index (χ3n) is 7.10. The predicted octanol–water partition coefficient (Wildman–Crippen LogP) is 10.6. The van der Waals surface area contributed by atoms with Crippen LogP contribution < -0.4 is 0 Å². The summed E-state index contributed by atoms with van der Waals surface area (Å²) in [6.45, 7) is 4.65. The van der Waals surface area contributed by atoms with Crippen molar-refractivity contribution in [2.75, 3.05) is 0 Å². The topological polar surface area (TPSA) is 0 Å². The lowest BCUT2D eigenvalue weighted by Crippen LogP contribution is -2.01. The lowest BCUT2D eigenvalue weighted by Gasteiger charge is -2.17. The maximum absolute atomic E-state index is 2.32. The maximum Gasteiger partial charge on any atom is -0.0414 e. The molecule has 0 amide bonds. The van der Waals surface area contributed by atoms with Crippen molar-refractivity contribution < 1.29 is 0 Å². The molecule has 1 saturated carbocycles. The van der Waals surface area contributed by atoms with E-state index >= 15 is 0 Å². The fraction of sp³-hybridized carbons (Fsp3) is 1.00. The first-order chi connectivity index (χ1) is 13.9. The molecule has 0 unspecified atom stereocenters. The van der Waals surface area contributed by atoms with Gasteiger partial charge in [-0.25, -0.2) is 0 Å². The van der Waals surface area contributed by atoms with Crippen LogP contribution in [0, 0.1) is 11.8 Å². The summed E-state index contributed by atoms with van der Waals surface area (Å²) in [7, 11) is 0. The lowest BCUT2D eigenvalue weighted by molar-refractivity contribution is 0.365. The van der Waals surface area contributed by atoms with Crippen molar-refractivity contribution >= 4 is 0 Å². The van der Waals surface area contributed by atoms with Crippen molar-refractivity contribution in [3.05, 3.63) is 0 Å². The molecule has 168 valence electrons. The Kier molecular flexibility index (Phi) is 18.9. The third-order valence-corrected chi connectivity index (χ3v) is 7.10. The van der Waals surface area contributed by atoms with Crippen molar-refractivity contribution in [1.82, 2.24) is 0 Å². The zero-order chi connectivity index (χ0) is 20.1. The van der Waals surface area contributed by atoms with E-state index in [1.54, 1.807) is 19.3 Å². The average Bonchev–Trinajstić information content (AvgIpc) is 3.53. The van der Waals surface area contributed by atoms with E-state index in [1.807, 2.05) is 0 Å². The molecule has 0 spiro atoms. The van der Waals surface area contributed by atoms with Gasteiger partial charge in [-0.05, 0) is 11.8 Å². The average molecular weight is 393 g/mol. The Morgan fingerprint density at radius 2 is 0.821 bits per heavy atom. The molecule has 0 aromatic rings. The van der Waals surface area contributed by atoms with Gasteiger partial charge < -0.3 is 0 Å². The molecule has 1 aliphatic rings. The third kappa shape index (κ3) is 18.1. The van der Waals surface area contributed by atoms with Gasteiger partial charge in [0.2, 0.25) is 0 Å². The monoisotopic (exact) mass is 392 g/mol. The molecule has 1 fully saturated rings. The van der Waals surface area contributed by atoms with Crippen LogP contribution in [0.5, 0.6) is 0 Å². The van der Waals surface area contributed by atoms with Crippen molar-refractivity contribution in [2.24, 2.45) is 11.8 Å². The van der Waals surface area contributed by atoms with Crippen LogP contribution in [0.25, 0.3) is 0 Å². The fourth-order valence-corrected chi connectivity index (χ4v) is 4.84. The minimum atomic E-state index is 1.05. The molecular weight excluding hydrogens is 336 g/mol. The molecule has 0 heteroatoms. The van der Waals surface area contributed by atoms with Gasteiger partial charge in [0.15, 0.2) is 0 Å². The Hall–Kier alpha value is 0. The van der Waals surface area contributed by atoms with Gasteiger partial charge in [-0.1, -0.05) is 168 Å². The van der Waals surface area contributed by atoms with E-state index in [-0.39, 0.29) is 0 Å². The van der Waals surface area contributed by atoms with Crippen LogP contribution in [0.1, 0.15) is 168 Å². The minimum Gasteiger partial charge on any atom is -0.0654 e. The molecular formula is C28H56. The molecule has 0 radical (unpaired) electrons. The summed E-state index contributed by atoms with van der Waals surface area (Å²) < 4.78 is 0. The van der Waals surface area contributed by atoms with Crippen LogP contribution in [-0.2, 0) is 0 Å². The minimum absolute atomic E-state index is 1.05. The van der Waals surface area contributed by atoms with Crippen LogP contribution in [-0.4, -0.2) is 0 Å². The molecule has 0 N–H and O–H groups in total. The fourth-order valence-electron chi connectivity index (χ4n) is 4.84. The van der Waals surface area contributed by atoms with Crippen LogP contribution in [0.3, 0.4) is 0 Å². The first-order valence-corrected chi connectivity index (χ1v) is 13.9. The molecule has 0 heterocycles. The Balaban J connectivity index is 2.01. The van der Waals surface area contributed by atoms with Crippen LogP contribution >= 0.6 is 0 Å². The summed E-state index contributed by atoms with van der Waals surface area (Å²) >= 11 is 0. The summed E-state index contributed by atoms with van der Waals surface area (Å²) in [6, 6.07) is 0. The van der Waals surface area contributed by atoms with Gasteiger partial charge in [-0.15, -0.1) is 0 Å². The van der Waals surface area contributed by atoms with Gasteiger partial charge in [0.1, 0.15) is 0 Å². The quantitative estimate of drug-likeness (QED) is 0.152. The van der Waals surface area contributed by atoms with Gasteiger partial charge in [-0.3, -0.25) is 0 Å². The summed E-state index contributed by atoms with van der Waals surface area (Å²) in [5, 5.41) is 0. The first-order valence-electron chi connectivity index (χ1n) is 13.9. The van der Waals surface area contributed by atoms with Crippen molar-refractivity contribution in [2.45, 2.75) is 168 Å². The van der Waals surface area contributed by atoms with Crippen LogP contribution in [0.4, 0.5) is 0 Å². The Bertz CT molecular complexity index is 274. The van der Waals surface area contributed by atoms with Crippen molar-refractivity contribution in [1.29, 1.82) is 0 Å². The van der Waals surface area contributed by atoms with E-state index in [4.69, 9.17) is 0 Å². The zero-order valence-electron chi connectivity index (χ0n) is 20.1. The van der Waals surface area contributed by atoms with Crippen LogP contribution in [0.15, 0.2) is 0 Å². The normalized spacial score (nSPS) is 14.2. The van der Waals surface area contributed by atoms with Gasteiger partial charge in [0, 0.05) is 0 Å². The van der Waals surface area contributed by atoms with Gasteiger partial charge in [0.05, 0.1) is 0 Å². The van der Waals surface area contributed by atoms with E-state index in [0.29, 0.717) is 0 Å². The lowest BCUT2D eigenvalue weighted by atomic mass is 9.89. The molecule has 0 aromatic carbocycles. The second-order valence-corrected chi connectivity index (χ2v) is 10.1. The smallest absolute Gasteiger partial charge is 0.0414 e. The molecule has 0 aromatic heterocycles. The summed E-state index contributed by atoms with van der Waals surface area (Å²) in [6.07, 6.45) is 35.8. The number of unbranched alkanes of at least 4 members (excludes halogenated alkanes) is 15. The van der Waals surface area contributed by atoms with E-state index < -0.39 is 0 Å². The van der Waals surface area contributed by atoms with Crippen molar-refractivity contribution in [3.63, 3.8) is 0 Å². The van der Waals surface area contributed by atoms with Gasteiger partial charge in [0.25, 0.3) is 0 Å². The molecule has 0 atom stereocenters. The highest BCUT2D eigenvalue weighted by atomic mass is 14.3. The second kappa shape index (κ2) is 20.3. The summed E-state index contributed by atoms with van der Waals surface area (Å²) in [4.78, 5) is 0. The van der Waals surface area contributed by atoms with E-state index in [1.165, 1.54) is 135 Å². The maximum atomic E-state index is 2.32. The highest BCUT2D eigenvalue weighted by Crippen LogP contribution is 2.34. The highest BCUT2D eigenvalue weighted by molar-refractivity contribution is 4.72. The van der Waals surface area contributed by atoms with E-state index in [0.717, 1.165) is 11.8 Å². The highest BCUT2D eigenvalue weighted by Gasteiger charge is 2.19. The second-order valence-electron chi connectivity index (χ2n) is 10.1. The SMILES string of the molecule is CCCCCCCCC(CCCCCCCC)CCCCCCCCC1CC1. The van der Waals surface area contributed by atoms with Gasteiger partial charge in [-0.2, -0.15) is 0 Å². The van der Waals surface area contributed by atoms with Crippen molar-refractivity contribution in [3.8, 4) is 0 Å². The Morgan fingerprint density at radius 1 is 0.464 bits per heavy atom. The van der Waals surface area contributed by atoms with Gasteiger partial charge >= 0.3 is 0 Å². The molecule has 28 heavy (non-hydrogen) atoms. The number of hydrogen-bond donors (Lipinski definition) is 0. The van der Waals surface area contributed by atoms with E-state index in [2.05, 4.69) is 13.8 Å². The molecule has 0 saturated heterocycles. The molecule has 1 aliphatic carbocycles. The molecule has 0 aliphatic heterocycles. The zero-order valence-corrected chi connectivity index (χ0v) is 20.1. The molecule has 0 nitrogen and oxygen atoms in total. The summed E-state index contributed by atoms with van der Waals surface area (Å²) in [5.74, 6) is 2.19. The molecule has 1 rings (SSSR count). The number of hydrogen-bond acceptors (Lipinski definition) is 0. The van der Waals surface area contributed by atoms with Crippen LogP contribution in [0.2, 0.25) is 0 Å². The Labute approximate surface area is 180 Å². The Morgan fingerprint density at radius 3 is 1.21 bits per heavy atom.